The van der Waals surface area contributed by atoms with Crippen molar-refractivity contribution in [2.75, 3.05) is 23.9 Å². The number of para-hydroxylation sites is 1. The number of ether oxygens (including phenoxy) is 1. The number of carbonyl (C=O) groups excluding carboxylic acids is 3. The third-order valence-electron chi connectivity index (χ3n) is 7.94. The number of hydrogen-bond donors (Lipinski definition) is 1. The second-order valence-corrected chi connectivity index (χ2v) is 9.82. The first-order valence-electron chi connectivity index (χ1n) is 11.2. The Bertz CT molecular complexity index is 1260. The van der Waals surface area contributed by atoms with Gasteiger partial charge in [0.15, 0.2) is 0 Å². The summed E-state index contributed by atoms with van der Waals surface area (Å²) in [7, 11) is 1.49. The van der Waals surface area contributed by atoms with Crippen molar-refractivity contribution in [3.63, 3.8) is 0 Å². The molecule has 0 aliphatic carbocycles. The van der Waals surface area contributed by atoms with Crippen LogP contribution in [-0.2, 0) is 19.9 Å². The number of carbonyl (C=O) groups is 3. The highest BCUT2D eigenvalue weighted by atomic mass is 35.5. The Hall–Kier alpha value is -2.90. The molecule has 6 rings (SSSR count). The van der Waals surface area contributed by atoms with Crippen molar-refractivity contribution in [3.05, 3.63) is 52.0 Å². The van der Waals surface area contributed by atoms with Crippen molar-refractivity contribution in [1.29, 1.82) is 0 Å². The Labute approximate surface area is 196 Å². The van der Waals surface area contributed by atoms with E-state index in [0.29, 0.717) is 23.0 Å². The standard InChI is InChI=1S/C25H24ClN3O4/c1-12-6-4-7-14-21(12)27-24(32)25(14)20-19(16-8-5-9-28(16)25)22(30)29(23(20)31)17-10-13(2)15(26)11-18(17)33-3/h4,6-7,10-11,16,19-20H,5,8-9H2,1-3H3,(H,27,32)/t16-,19+,20-,25+/m0/s1. The fraction of sp³-hybridized carbons (Fsp3) is 0.400. The number of rotatable bonds is 2. The molecule has 4 atom stereocenters. The molecule has 170 valence electrons. The number of hydrogen-bond acceptors (Lipinski definition) is 5. The van der Waals surface area contributed by atoms with Gasteiger partial charge in [0.25, 0.3) is 0 Å². The number of halogens is 1. The van der Waals surface area contributed by atoms with Crippen LogP contribution < -0.4 is 15.0 Å². The summed E-state index contributed by atoms with van der Waals surface area (Å²) in [6.07, 6.45) is 1.66. The van der Waals surface area contributed by atoms with Crippen LogP contribution in [0.15, 0.2) is 30.3 Å². The summed E-state index contributed by atoms with van der Waals surface area (Å²) < 4.78 is 5.49. The lowest BCUT2D eigenvalue weighted by Crippen LogP contribution is -2.54. The summed E-state index contributed by atoms with van der Waals surface area (Å²) in [6, 6.07) is 8.96. The number of fused-ring (bicyclic) bond motifs is 7. The summed E-state index contributed by atoms with van der Waals surface area (Å²) in [5.41, 5.74) is 2.44. The molecule has 7 nitrogen and oxygen atoms in total. The van der Waals surface area contributed by atoms with Crippen LogP contribution in [0.25, 0.3) is 0 Å². The number of anilines is 2. The van der Waals surface area contributed by atoms with Gasteiger partial charge in [-0.15, -0.1) is 0 Å². The molecule has 0 saturated carbocycles. The van der Waals surface area contributed by atoms with Gasteiger partial charge in [-0.25, -0.2) is 4.90 Å². The molecule has 2 aromatic carbocycles. The Morgan fingerprint density at radius 2 is 1.91 bits per heavy atom. The second-order valence-electron chi connectivity index (χ2n) is 9.41. The van der Waals surface area contributed by atoms with E-state index >= 15 is 0 Å². The number of amides is 3. The number of methoxy groups -OCH3 is 1. The molecular formula is C25H24ClN3O4. The maximum absolute atomic E-state index is 14.1. The molecular weight excluding hydrogens is 442 g/mol. The monoisotopic (exact) mass is 465 g/mol. The molecule has 3 fully saturated rings. The lowest BCUT2D eigenvalue weighted by atomic mass is 9.75. The van der Waals surface area contributed by atoms with E-state index in [1.54, 1.807) is 12.1 Å². The van der Waals surface area contributed by atoms with E-state index in [9.17, 15) is 14.4 Å². The average Bonchev–Trinajstić information content (AvgIpc) is 3.49. The van der Waals surface area contributed by atoms with E-state index < -0.39 is 17.4 Å². The Balaban J connectivity index is 1.57. The van der Waals surface area contributed by atoms with Crippen LogP contribution in [0.4, 0.5) is 11.4 Å². The highest BCUT2D eigenvalue weighted by Crippen LogP contribution is 2.61. The van der Waals surface area contributed by atoms with Gasteiger partial charge in [-0.1, -0.05) is 29.8 Å². The largest absolute Gasteiger partial charge is 0.495 e. The first kappa shape index (κ1) is 20.7. The van der Waals surface area contributed by atoms with Crippen molar-refractivity contribution in [1.82, 2.24) is 4.90 Å². The van der Waals surface area contributed by atoms with E-state index in [1.807, 2.05) is 32.0 Å². The molecule has 4 aliphatic rings. The van der Waals surface area contributed by atoms with Gasteiger partial charge in [-0.2, -0.15) is 0 Å². The fourth-order valence-electron chi connectivity index (χ4n) is 6.60. The van der Waals surface area contributed by atoms with Gasteiger partial charge in [0.1, 0.15) is 11.3 Å². The van der Waals surface area contributed by atoms with E-state index in [2.05, 4.69) is 10.2 Å². The van der Waals surface area contributed by atoms with Gasteiger partial charge in [0, 0.05) is 28.4 Å². The van der Waals surface area contributed by atoms with Gasteiger partial charge in [0.05, 0.1) is 24.6 Å². The third-order valence-corrected chi connectivity index (χ3v) is 8.34. The smallest absolute Gasteiger partial charge is 0.250 e. The van der Waals surface area contributed by atoms with E-state index in [1.165, 1.54) is 12.0 Å². The molecule has 1 N–H and O–H groups in total. The molecule has 4 aliphatic heterocycles. The SMILES string of the molecule is COc1cc(Cl)c(C)cc1N1C(=O)[C@H]2[C@@H](C1=O)[C@]1(C(=O)Nc3c(C)cccc31)N1CCC[C@@H]21. The van der Waals surface area contributed by atoms with Crippen LogP contribution in [0.3, 0.4) is 0 Å². The molecule has 3 amide bonds. The van der Waals surface area contributed by atoms with Crippen molar-refractivity contribution < 1.29 is 19.1 Å². The molecule has 3 saturated heterocycles. The average molecular weight is 466 g/mol. The maximum atomic E-state index is 14.1. The molecule has 4 heterocycles. The minimum absolute atomic E-state index is 0.159. The van der Waals surface area contributed by atoms with Gasteiger partial charge in [-0.05, 0) is 50.4 Å². The molecule has 33 heavy (non-hydrogen) atoms. The molecule has 0 unspecified atom stereocenters. The van der Waals surface area contributed by atoms with E-state index in [0.717, 1.165) is 35.2 Å². The fourth-order valence-corrected chi connectivity index (χ4v) is 6.75. The van der Waals surface area contributed by atoms with Crippen molar-refractivity contribution in [3.8, 4) is 5.75 Å². The normalized spacial score (nSPS) is 30.1. The van der Waals surface area contributed by atoms with Gasteiger partial charge < -0.3 is 10.1 Å². The zero-order chi connectivity index (χ0) is 23.2. The minimum atomic E-state index is -1.18. The summed E-state index contributed by atoms with van der Waals surface area (Å²) in [5.74, 6) is -1.86. The third kappa shape index (κ3) is 2.36. The summed E-state index contributed by atoms with van der Waals surface area (Å²) in [6.45, 7) is 4.45. The number of benzene rings is 2. The quantitative estimate of drug-likeness (QED) is 0.688. The van der Waals surface area contributed by atoms with Gasteiger partial charge in [-0.3, -0.25) is 19.3 Å². The van der Waals surface area contributed by atoms with E-state index in [-0.39, 0.29) is 23.8 Å². The Morgan fingerprint density at radius 1 is 1.12 bits per heavy atom. The van der Waals surface area contributed by atoms with Crippen LogP contribution in [0.1, 0.15) is 29.5 Å². The highest BCUT2D eigenvalue weighted by Gasteiger charge is 2.74. The summed E-state index contributed by atoms with van der Waals surface area (Å²) in [4.78, 5) is 45.1. The number of imide groups is 1. The molecule has 0 radical (unpaired) electrons. The van der Waals surface area contributed by atoms with E-state index in [4.69, 9.17) is 16.3 Å². The second kappa shape index (κ2) is 6.81. The minimum Gasteiger partial charge on any atom is -0.495 e. The predicted octanol–water partition coefficient (Wildman–Crippen LogP) is 3.40. The van der Waals surface area contributed by atoms with Crippen molar-refractivity contribution in [2.45, 2.75) is 38.3 Å². The topological polar surface area (TPSA) is 78.9 Å². The number of nitrogens with zero attached hydrogens (tertiary/aromatic N) is 2. The van der Waals surface area contributed by atoms with Crippen LogP contribution in [-0.4, -0.2) is 42.3 Å². The zero-order valence-corrected chi connectivity index (χ0v) is 19.4. The molecule has 0 bridgehead atoms. The van der Waals surface area contributed by atoms with Crippen LogP contribution in [0, 0.1) is 25.7 Å². The lowest BCUT2D eigenvalue weighted by Gasteiger charge is -2.36. The number of nitrogens with one attached hydrogen (secondary N) is 1. The zero-order valence-electron chi connectivity index (χ0n) is 18.6. The first-order chi connectivity index (χ1) is 15.8. The van der Waals surface area contributed by atoms with Crippen molar-refractivity contribution in [2.24, 2.45) is 11.8 Å². The Morgan fingerprint density at radius 3 is 2.67 bits per heavy atom. The van der Waals surface area contributed by atoms with Crippen LogP contribution in [0.2, 0.25) is 5.02 Å². The van der Waals surface area contributed by atoms with Crippen molar-refractivity contribution >= 4 is 40.7 Å². The molecule has 8 heteroatoms. The Kier molecular flexibility index (Phi) is 4.27. The summed E-state index contributed by atoms with van der Waals surface area (Å²) >= 11 is 6.27. The van der Waals surface area contributed by atoms with Gasteiger partial charge in [0.2, 0.25) is 17.7 Å². The first-order valence-corrected chi connectivity index (χ1v) is 11.6. The maximum Gasteiger partial charge on any atom is 0.250 e. The molecule has 2 aromatic rings. The predicted molar refractivity (Wildman–Crippen MR) is 123 cm³/mol. The highest BCUT2D eigenvalue weighted by molar-refractivity contribution is 6.32. The molecule has 1 spiro atoms. The lowest BCUT2D eigenvalue weighted by molar-refractivity contribution is -0.135. The van der Waals surface area contributed by atoms with Gasteiger partial charge >= 0.3 is 0 Å². The summed E-state index contributed by atoms with van der Waals surface area (Å²) in [5, 5.41) is 3.54. The number of aryl methyl sites for hydroxylation is 2. The van der Waals surface area contributed by atoms with Crippen LogP contribution in [0.5, 0.6) is 5.75 Å². The van der Waals surface area contributed by atoms with Crippen LogP contribution >= 0.6 is 11.6 Å². The molecule has 0 aromatic heterocycles.